The van der Waals surface area contributed by atoms with Gasteiger partial charge in [0.25, 0.3) is 0 Å². The Bertz CT molecular complexity index is 953. The second-order valence-electron chi connectivity index (χ2n) is 5.80. The first-order valence-corrected chi connectivity index (χ1v) is 8.85. The first kappa shape index (κ1) is 20.0. The van der Waals surface area contributed by atoms with Crippen molar-refractivity contribution in [3.05, 3.63) is 41.4 Å². The highest BCUT2D eigenvalue weighted by Gasteiger charge is 2.34. The number of carbonyl (C=O) groups excluding carboxylic acids is 2. The maximum Gasteiger partial charge on any atom is 0.515 e. The smallest absolute Gasteiger partial charge is 0.434 e. The summed E-state index contributed by atoms with van der Waals surface area (Å²) in [5.74, 6) is 0.0627. The lowest BCUT2D eigenvalue weighted by atomic mass is 10.2. The number of anilines is 1. The molecule has 0 saturated heterocycles. The summed E-state index contributed by atoms with van der Waals surface area (Å²) in [5.41, 5.74) is 2.18. The van der Waals surface area contributed by atoms with Crippen LogP contribution < -0.4 is 10.2 Å². The Labute approximate surface area is 165 Å². The molecule has 154 valence electrons. The normalized spacial score (nSPS) is 14.0. The molecular weight excluding hydrogens is 384 g/mol. The van der Waals surface area contributed by atoms with Crippen LogP contribution in [-0.4, -0.2) is 35.8 Å². The molecule has 0 spiro atoms. The first-order chi connectivity index (χ1) is 14.0. The molecule has 2 heterocycles. The van der Waals surface area contributed by atoms with Crippen molar-refractivity contribution < 1.29 is 33.2 Å². The van der Waals surface area contributed by atoms with Crippen LogP contribution in [0.5, 0.6) is 0 Å². The molecule has 1 aliphatic heterocycles. The minimum absolute atomic E-state index is 0.0313. The van der Waals surface area contributed by atoms with E-state index in [1.807, 2.05) is 0 Å². The molecule has 29 heavy (non-hydrogen) atoms. The van der Waals surface area contributed by atoms with Crippen molar-refractivity contribution in [2.45, 2.75) is 27.7 Å². The average Bonchev–Trinajstić information content (AvgIpc) is 3.15. The molecule has 0 atom stereocenters. The predicted octanol–water partition coefficient (Wildman–Crippen LogP) is 3.36. The van der Waals surface area contributed by atoms with Gasteiger partial charge in [0.15, 0.2) is 5.52 Å². The Morgan fingerprint density at radius 2 is 1.59 bits per heavy atom. The number of nitrogens with one attached hydrogen (secondary N) is 1. The van der Waals surface area contributed by atoms with Gasteiger partial charge >= 0.3 is 12.3 Å². The minimum atomic E-state index is -0.922. The summed E-state index contributed by atoms with van der Waals surface area (Å²) in [7, 11) is 0. The molecule has 0 radical (unpaired) electrons. The molecule has 1 N–H and O–H groups in total. The fraction of sp³-hybridized carbons (Fsp3) is 0.333. The van der Waals surface area contributed by atoms with Crippen LogP contribution in [0.3, 0.4) is 0 Å². The Morgan fingerprint density at radius 3 is 2.14 bits per heavy atom. The van der Waals surface area contributed by atoms with Gasteiger partial charge in [-0.3, -0.25) is 0 Å². The summed E-state index contributed by atoms with van der Waals surface area (Å²) in [4.78, 5) is 25.5. The zero-order chi connectivity index (χ0) is 21.0. The van der Waals surface area contributed by atoms with Gasteiger partial charge in [-0.1, -0.05) is 6.07 Å². The summed E-state index contributed by atoms with van der Waals surface area (Å²) in [6.07, 6.45) is -1.84. The average molecular weight is 404 g/mol. The second kappa shape index (κ2) is 8.50. The van der Waals surface area contributed by atoms with E-state index in [-0.39, 0.29) is 25.0 Å². The Hall–Kier alpha value is -3.76. The van der Waals surface area contributed by atoms with Crippen LogP contribution in [0.1, 0.15) is 27.7 Å². The van der Waals surface area contributed by atoms with Gasteiger partial charge in [-0.2, -0.15) is 0 Å². The van der Waals surface area contributed by atoms with E-state index in [4.69, 9.17) is 23.6 Å². The monoisotopic (exact) mass is 404 g/mol. The van der Waals surface area contributed by atoms with Gasteiger partial charge in [0.05, 0.1) is 30.3 Å². The van der Waals surface area contributed by atoms with Gasteiger partial charge in [-0.25, -0.2) is 19.1 Å². The maximum absolute atomic E-state index is 12.0. The molecular formula is C18H20N4O7. The molecule has 0 saturated carbocycles. The lowest BCUT2D eigenvalue weighted by Crippen LogP contribution is -2.37. The van der Waals surface area contributed by atoms with Gasteiger partial charge in [-0.15, -0.1) is 0 Å². The zero-order valence-corrected chi connectivity index (χ0v) is 16.3. The van der Waals surface area contributed by atoms with E-state index in [1.54, 1.807) is 45.9 Å². The van der Waals surface area contributed by atoms with Crippen molar-refractivity contribution in [2.24, 2.45) is 0 Å². The summed E-state index contributed by atoms with van der Waals surface area (Å²) in [6.45, 7) is 6.94. The molecule has 1 aliphatic rings. The van der Waals surface area contributed by atoms with Crippen LogP contribution in [0.25, 0.3) is 11.0 Å². The minimum Gasteiger partial charge on any atom is -0.434 e. The highest BCUT2D eigenvalue weighted by molar-refractivity contribution is 5.90. The summed E-state index contributed by atoms with van der Waals surface area (Å²) in [5, 5.41) is 10.7. The Balaban J connectivity index is 2.12. The number of ether oxygens (including phenoxy) is 4. The van der Waals surface area contributed by atoms with E-state index in [0.717, 1.165) is 0 Å². The van der Waals surface area contributed by atoms with Crippen molar-refractivity contribution in [1.29, 1.82) is 0 Å². The molecule has 3 rings (SSSR count). The molecule has 0 amide bonds. The SMILES string of the molecule is CCOC(=O)OC1=C(C)NC(C)=C(OC(=O)OCC)N1c1cccc2nonc12. The van der Waals surface area contributed by atoms with E-state index in [0.29, 0.717) is 28.1 Å². The third-order valence-electron chi connectivity index (χ3n) is 3.81. The number of hydrogen-bond acceptors (Lipinski definition) is 11. The maximum atomic E-state index is 12.0. The number of hydrogen-bond donors (Lipinski definition) is 1. The topological polar surface area (TPSA) is 125 Å². The largest absolute Gasteiger partial charge is 0.515 e. The van der Waals surface area contributed by atoms with E-state index >= 15 is 0 Å². The van der Waals surface area contributed by atoms with Crippen LogP contribution in [0, 0.1) is 0 Å². The predicted molar refractivity (Wildman–Crippen MR) is 99.0 cm³/mol. The Kier molecular flexibility index (Phi) is 5.86. The van der Waals surface area contributed by atoms with Crippen molar-refractivity contribution in [3.8, 4) is 0 Å². The fourth-order valence-electron chi connectivity index (χ4n) is 2.70. The van der Waals surface area contributed by atoms with E-state index in [9.17, 15) is 9.59 Å². The lowest BCUT2D eigenvalue weighted by Gasteiger charge is -2.33. The molecule has 0 unspecified atom stereocenters. The summed E-state index contributed by atoms with van der Waals surface area (Å²) >= 11 is 0. The highest BCUT2D eigenvalue weighted by atomic mass is 16.7. The molecule has 0 bridgehead atoms. The van der Waals surface area contributed by atoms with Crippen LogP contribution in [-0.2, 0) is 18.9 Å². The third-order valence-corrected chi connectivity index (χ3v) is 3.81. The Morgan fingerprint density at radius 1 is 1.00 bits per heavy atom. The van der Waals surface area contributed by atoms with Crippen molar-refractivity contribution in [3.63, 3.8) is 0 Å². The zero-order valence-electron chi connectivity index (χ0n) is 16.3. The second-order valence-corrected chi connectivity index (χ2v) is 5.80. The van der Waals surface area contributed by atoms with Crippen LogP contribution >= 0.6 is 0 Å². The van der Waals surface area contributed by atoms with Gasteiger partial charge < -0.3 is 24.3 Å². The summed E-state index contributed by atoms with van der Waals surface area (Å²) in [6, 6.07) is 5.09. The lowest BCUT2D eigenvalue weighted by molar-refractivity contribution is 0.0691. The van der Waals surface area contributed by atoms with Gasteiger partial charge in [0, 0.05) is 0 Å². The number of rotatable bonds is 5. The number of nitrogens with zero attached hydrogens (tertiary/aromatic N) is 3. The van der Waals surface area contributed by atoms with Crippen LogP contribution in [0.2, 0.25) is 0 Å². The standard InChI is InChI=1S/C18H20N4O7/c1-5-25-17(23)27-15-10(3)19-11(4)16(28-18(24)26-6-2)22(15)13-9-7-8-12-14(13)21-29-20-12/h7-9,19H,5-6H2,1-4H3. The van der Waals surface area contributed by atoms with Gasteiger partial charge in [-0.05, 0) is 50.1 Å². The van der Waals surface area contributed by atoms with E-state index in [1.165, 1.54) is 4.90 Å². The van der Waals surface area contributed by atoms with Gasteiger partial charge in [0.2, 0.25) is 11.8 Å². The summed E-state index contributed by atoms with van der Waals surface area (Å²) < 4.78 is 25.4. The van der Waals surface area contributed by atoms with Crippen LogP contribution in [0.4, 0.5) is 15.3 Å². The molecule has 0 aliphatic carbocycles. The molecule has 0 fully saturated rings. The number of fused-ring (bicyclic) bond motifs is 1. The molecule has 11 heteroatoms. The molecule has 11 nitrogen and oxygen atoms in total. The van der Waals surface area contributed by atoms with E-state index in [2.05, 4.69) is 15.6 Å². The van der Waals surface area contributed by atoms with Crippen molar-refractivity contribution >= 4 is 29.0 Å². The molecule has 2 aromatic rings. The number of allylic oxidation sites excluding steroid dienone is 2. The fourth-order valence-corrected chi connectivity index (χ4v) is 2.70. The van der Waals surface area contributed by atoms with Gasteiger partial charge in [0.1, 0.15) is 5.52 Å². The number of benzene rings is 1. The molecule has 1 aromatic carbocycles. The van der Waals surface area contributed by atoms with Crippen molar-refractivity contribution in [2.75, 3.05) is 18.1 Å². The molecule has 1 aromatic heterocycles. The first-order valence-electron chi connectivity index (χ1n) is 8.85. The van der Waals surface area contributed by atoms with Crippen molar-refractivity contribution in [1.82, 2.24) is 15.6 Å². The quantitative estimate of drug-likeness (QED) is 0.737. The number of aromatic nitrogens is 2. The van der Waals surface area contributed by atoms with E-state index < -0.39 is 12.3 Å². The third kappa shape index (κ3) is 4.08. The highest BCUT2D eigenvalue weighted by Crippen LogP contribution is 2.35. The number of carbonyl (C=O) groups is 2. The van der Waals surface area contributed by atoms with Crippen LogP contribution in [0.15, 0.2) is 46.0 Å².